The van der Waals surface area contributed by atoms with E-state index in [0.29, 0.717) is 30.7 Å². The Kier molecular flexibility index (Phi) is 6.26. The monoisotopic (exact) mass is 433 g/mol. The van der Waals surface area contributed by atoms with E-state index in [9.17, 15) is 9.59 Å². The summed E-state index contributed by atoms with van der Waals surface area (Å²) in [4.78, 5) is 29.6. The lowest BCUT2D eigenvalue weighted by molar-refractivity contribution is -0.120. The molecule has 1 aliphatic rings. The topological polar surface area (TPSA) is 88.9 Å². The summed E-state index contributed by atoms with van der Waals surface area (Å²) in [5.74, 6) is 0.132. The molecule has 0 bridgehead atoms. The molecule has 2 N–H and O–H groups in total. The number of benzene rings is 1. The van der Waals surface area contributed by atoms with Gasteiger partial charge in [-0.3, -0.25) is 9.59 Å². The van der Waals surface area contributed by atoms with Crippen molar-refractivity contribution in [3.63, 3.8) is 0 Å². The lowest BCUT2D eigenvalue weighted by Crippen LogP contribution is -2.30. The molecule has 2 heterocycles. The van der Waals surface area contributed by atoms with Crippen molar-refractivity contribution in [1.29, 1.82) is 0 Å². The van der Waals surface area contributed by atoms with Gasteiger partial charge in [0.05, 0.1) is 28.9 Å². The number of rotatable bonds is 6. The Balaban J connectivity index is 1.65. The van der Waals surface area contributed by atoms with Gasteiger partial charge in [0.15, 0.2) is 5.65 Å². The molecule has 1 atom stereocenters. The van der Waals surface area contributed by atoms with E-state index in [2.05, 4.69) is 52.8 Å². The zero-order chi connectivity index (χ0) is 22.8. The molecule has 168 valence electrons. The van der Waals surface area contributed by atoms with Crippen LogP contribution in [0.15, 0.2) is 30.6 Å². The number of pyridine rings is 1. The Bertz CT molecular complexity index is 1160. The fraction of sp³-hybridized carbons (Fsp3) is 0.440. The van der Waals surface area contributed by atoms with Crippen molar-refractivity contribution in [3.05, 3.63) is 52.8 Å². The van der Waals surface area contributed by atoms with Gasteiger partial charge in [-0.2, -0.15) is 5.10 Å². The van der Waals surface area contributed by atoms with Crippen LogP contribution in [0.5, 0.6) is 0 Å². The molecule has 2 aromatic heterocycles. The molecule has 0 spiro atoms. The molecule has 0 aliphatic heterocycles. The van der Waals surface area contributed by atoms with E-state index in [1.165, 1.54) is 5.56 Å². The smallest absolute Gasteiger partial charge is 0.255 e. The number of Topliss-reactive ketones (excluding diaryl/α,β-unsaturated/α-hetero) is 1. The predicted octanol–water partition coefficient (Wildman–Crippen LogP) is 4.48. The molecule has 32 heavy (non-hydrogen) atoms. The van der Waals surface area contributed by atoms with E-state index in [-0.39, 0.29) is 18.0 Å². The summed E-state index contributed by atoms with van der Waals surface area (Å²) in [7, 11) is 0. The predicted molar refractivity (Wildman–Crippen MR) is 126 cm³/mol. The largest absolute Gasteiger partial charge is 0.381 e. The maximum Gasteiger partial charge on any atom is 0.255 e. The van der Waals surface area contributed by atoms with E-state index < -0.39 is 0 Å². The average molecular weight is 434 g/mol. The van der Waals surface area contributed by atoms with E-state index in [4.69, 9.17) is 0 Å². The highest BCUT2D eigenvalue weighted by Crippen LogP contribution is 2.30. The van der Waals surface area contributed by atoms with Gasteiger partial charge in [-0.25, -0.2) is 9.67 Å². The first kappa shape index (κ1) is 22.0. The van der Waals surface area contributed by atoms with Crippen molar-refractivity contribution >= 4 is 28.4 Å². The number of carbonyl (C=O) groups excluding carboxylic acids is 2. The van der Waals surface area contributed by atoms with Crippen molar-refractivity contribution in [2.24, 2.45) is 0 Å². The molecule has 3 aromatic rings. The van der Waals surface area contributed by atoms with Gasteiger partial charge in [-0.05, 0) is 51.7 Å². The molecule has 1 aromatic carbocycles. The molecule has 7 heteroatoms. The minimum Gasteiger partial charge on any atom is -0.381 e. The molecular weight excluding hydrogens is 402 g/mol. The second-order valence-electron chi connectivity index (χ2n) is 8.76. The highest BCUT2D eigenvalue weighted by molar-refractivity contribution is 6.06. The average Bonchev–Trinajstić information content (AvgIpc) is 3.19. The normalized spacial score (nSPS) is 15.7. The van der Waals surface area contributed by atoms with Gasteiger partial charge >= 0.3 is 0 Å². The van der Waals surface area contributed by atoms with Gasteiger partial charge in [0.1, 0.15) is 5.78 Å². The van der Waals surface area contributed by atoms with Crippen molar-refractivity contribution in [1.82, 2.24) is 20.1 Å². The molecule has 1 saturated carbocycles. The summed E-state index contributed by atoms with van der Waals surface area (Å²) in [6.07, 6.45) is 6.09. The third kappa shape index (κ3) is 4.38. The van der Waals surface area contributed by atoms with Crippen molar-refractivity contribution in [3.8, 4) is 0 Å². The number of nitrogens with one attached hydrogen (secondary N) is 2. The Labute approximate surface area is 188 Å². The first-order chi connectivity index (χ1) is 15.4. The quantitative estimate of drug-likeness (QED) is 0.598. The number of aryl methyl sites for hydroxylation is 3. The second-order valence-corrected chi connectivity index (χ2v) is 8.76. The number of aromatic nitrogens is 3. The first-order valence-electron chi connectivity index (χ1n) is 11.4. The Morgan fingerprint density at radius 2 is 1.97 bits per heavy atom. The fourth-order valence-corrected chi connectivity index (χ4v) is 4.54. The minimum absolute atomic E-state index is 0.141. The maximum atomic E-state index is 13.4. The van der Waals surface area contributed by atoms with Gasteiger partial charge in [-0.1, -0.05) is 23.8 Å². The van der Waals surface area contributed by atoms with E-state index in [1.807, 2.05) is 18.5 Å². The van der Waals surface area contributed by atoms with Gasteiger partial charge in [-0.15, -0.1) is 0 Å². The fourth-order valence-electron chi connectivity index (χ4n) is 4.54. The molecule has 7 nitrogen and oxygen atoms in total. The van der Waals surface area contributed by atoms with Crippen molar-refractivity contribution in [2.75, 3.05) is 5.32 Å². The van der Waals surface area contributed by atoms with Crippen LogP contribution >= 0.6 is 0 Å². The number of fused-ring (bicyclic) bond motifs is 1. The Morgan fingerprint density at radius 3 is 2.66 bits per heavy atom. The number of carbonyl (C=O) groups is 2. The molecule has 0 radical (unpaired) electrons. The molecular formula is C25H31N5O2. The molecule has 4 rings (SSSR count). The standard InChI is InChI=1S/C25H31N5O2/c1-5-30-24-21(14-27-30)23(29-18-7-9-19(31)10-8-18)22(13-26-24)25(32)28-17(4)20-11-6-15(2)12-16(20)3/h6,11-14,17-18H,5,7-10H2,1-4H3,(H,26,29)(H,28,32). The third-order valence-corrected chi connectivity index (χ3v) is 6.34. The number of hydrogen-bond acceptors (Lipinski definition) is 5. The van der Waals surface area contributed by atoms with Crippen LogP contribution < -0.4 is 10.6 Å². The van der Waals surface area contributed by atoms with Crippen LogP contribution in [0.3, 0.4) is 0 Å². The number of ketones is 1. The summed E-state index contributed by atoms with van der Waals surface area (Å²) in [5, 5.41) is 12.0. The van der Waals surface area contributed by atoms with Gasteiger partial charge in [0.2, 0.25) is 0 Å². The van der Waals surface area contributed by atoms with Crippen molar-refractivity contribution in [2.45, 2.75) is 72.0 Å². The van der Waals surface area contributed by atoms with Gasteiger partial charge in [0, 0.05) is 31.6 Å². The van der Waals surface area contributed by atoms with Crippen molar-refractivity contribution < 1.29 is 9.59 Å². The molecule has 1 fully saturated rings. The highest BCUT2D eigenvalue weighted by atomic mass is 16.1. The van der Waals surface area contributed by atoms with Crippen LogP contribution in [0.1, 0.15) is 72.6 Å². The van der Waals surface area contributed by atoms with E-state index in [0.717, 1.165) is 40.7 Å². The van der Waals surface area contributed by atoms with Crippen LogP contribution in [-0.2, 0) is 11.3 Å². The number of anilines is 1. The second kappa shape index (κ2) is 9.10. The molecule has 1 amide bonds. The highest BCUT2D eigenvalue weighted by Gasteiger charge is 2.24. The zero-order valence-electron chi connectivity index (χ0n) is 19.2. The van der Waals surface area contributed by atoms with Crippen LogP contribution in [0.2, 0.25) is 0 Å². The minimum atomic E-state index is -0.175. The Hall–Kier alpha value is -3.22. The Morgan fingerprint density at radius 1 is 1.22 bits per heavy atom. The van der Waals surface area contributed by atoms with Crippen LogP contribution in [-0.4, -0.2) is 32.5 Å². The SMILES string of the molecule is CCn1ncc2c(NC3CCC(=O)CC3)c(C(=O)NC(C)c3ccc(C)cc3C)cnc21. The summed E-state index contributed by atoms with van der Waals surface area (Å²) in [5.41, 5.74) is 5.45. The van der Waals surface area contributed by atoms with Gasteiger partial charge in [0.25, 0.3) is 5.91 Å². The number of amides is 1. The number of hydrogen-bond donors (Lipinski definition) is 2. The summed E-state index contributed by atoms with van der Waals surface area (Å²) in [6, 6.07) is 6.27. The van der Waals surface area contributed by atoms with Crippen LogP contribution in [0.25, 0.3) is 11.0 Å². The summed E-state index contributed by atoms with van der Waals surface area (Å²) < 4.78 is 1.82. The lowest BCUT2D eigenvalue weighted by Gasteiger charge is -2.25. The molecule has 1 unspecified atom stereocenters. The summed E-state index contributed by atoms with van der Waals surface area (Å²) >= 11 is 0. The van der Waals surface area contributed by atoms with E-state index in [1.54, 1.807) is 12.4 Å². The number of nitrogens with zero attached hydrogens (tertiary/aromatic N) is 3. The lowest BCUT2D eigenvalue weighted by atomic mass is 9.94. The molecule has 1 aliphatic carbocycles. The van der Waals surface area contributed by atoms with Crippen LogP contribution in [0.4, 0.5) is 5.69 Å². The maximum absolute atomic E-state index is 13.4. The third-order valence-electron chi connectivity index (χ3n) is 6.34. The van der Waals surface area contributed by atoms with E-state index >= 15 is 0 Å². The zero-order valence-corrected chi connectivity index (χ0v) is 19.2. The van der Waals surface area contributed by atoms with Gasteiger partial charge < -0.3 is 10.6 Å². The van der Waals surface area contributed by atoms with Crippen LogP contribution in [0, 0.1) is 13.8 Å². The molecule has 0 saturated heterocycles. The first-order valence-corrected chi connectivity index (χ1v) is 11.4. The summed E-state index contributed by atoms with van der Waals surface area (Å²) in [6.45, 7) is 8.84.